The largest absolute Gasteiger partial charge is 0.482 e. The Balaban J connectivity index is 1.94. The fourth-order valence-electron chi connectivity index (χ4n) is 2.49. The van der Waals surface area contributed by atoms with Crippen molar-refractivity contribution in [3.8, 4) is 5.75 Å². The predicted octanol–water partition coefficient (Wildman–Crippen LogP) is 4.03. The molecular formula is C18H13NO5. The van der Waals surface area contributed by atoms with Crippen molar-refractivity contribution in [2.45, 2.75) is 6.61 Å². The van der Waals surface area contributed by atoms with Crippen molar-refractivity contribution in [1.29, 1.82) is 0 Å². The highest BCUT2D eigenvalue weighted by molar-refractivity contribution is 5.89. The summed E-state index contributed by atoms with van der Waals surface area (Å²) in [5, 5.41) is 22.2. The van der Waals surface area contributed by atoms with Crippen LogP contribution in [0.25, 0.3) is 10.8 Å². The summed E-state index contributed by atoms with van der Waals surface area (Å²) < 4.78 is 5.58. The third-order valence-corrected chi connectivity index (χ3v) is 3.67. The molecule has 0 aromatic heterocycles. The molecule has 0 aliphatic carbocycles. The van der Waals surface area contributed by atoms with Gasteiger partial charge in [0.15, 0.2) is 5.75 Å². The van der Waals surface area contributed by atoms with Gasteiger partial charge in [-0.15, -0.1) is 0 Å². The minimum atomic E-state index is -1.17. The van der Waals surface area contributed by atoms with Crippen LogP contribution in [0, 0.1) is 10.1 Å². The maximum atomic E-state index is 11.1. The fraction of sp³-hybridized carbons (Fsp3) is 0.0556. The second kappa shape index (κ2) is 6.37. The molecule has 6 nitrogen and oxygen atoms in total. The molecule has 120 valence electrons. The molecule has 0 aliphatic rings. The summed E-state index contributed by atoms with van der Waals surface area (Å²) in [5.74, 6) is -1.23. The molecule has 3 aromatic carbocycles. The molecule has 24 heavy (non-hydrogen) atoms. The van der Waals surface area contributed by atoms with Crippen molar-refractivity contribution >= 4 is 22.4 Å². The highest BCUT2D eigenvalue weighted by atomic mass is 16.6. The van der Waals surface area contributed by atoms with Gasteiger partial charge in [0.2, 0.25) is 0 Å². The average molecular weight is 323 g/mol. The van der Waals surface area contributed by atoms with Crippen LogP contribution in [-0.4, -0.2) is 16.0 Å². The summed E-state index contributed by atoms with van der Waals surface area (Å²) >= 11 is 0. The molecule has 1 N–H and O–H groups in total. The number of carbonyl (C=O) groups is 1. The summed E-state index contributed by atoms with van der Waals surface area (Å²) in [7, 11) is 0. The van der Waals surface area contributed by atoms with Gasteiger partial charge in [-0.25, -0.2) is 4.79 Å². The number of hydrogen-bond donors (Lipinski definition) is 1. The number of aromatic carboxylic acids is 1. The Hall–Kier alpha value is -3.41. The van der Waals surface area contributed by atoms with Gasteiger partial charge in [0, 0.05) is 12.1 Å². The van der Waals surface area contributed by atoms with E-state index in [1.54, 1.807) is 0 Å². The first-order valence-corrected chi connectivity index (χ1v) is 7.17. The van der Waals surface area contributed by atoms with E-state index in [1.165, 1.54) is 12.1 Å². The Morgan fingerprint density at radius 1 is 1.08 bits per heavy atom. The molecule has 0 heterocycles. The van der Waals surface area contributed by atoms with Gasteiger partial charge in [-0.1, -0.05) is 42.5 Å². The van der Waals surface area contributed by atoms with Gasteiger partial charge in [0.05, 0.1) is 10.5 Å². The van der Waals surface area contributed by atoms with Crippen LogP contribution in [0.4, 0.5) is 5.69 Å². The summed E-state index contributed by atoms with van der Waals surface area (Å²) in [6.45, 7) is 0.102. The average Bonchev–Trinajstić information content (AvgIpc) is 2.59. The lowest BCUT2D eigenvalue weighted by molar-refractivity contribution is -0.385. The third kappa shape index (κ3) is 3.03. The SMILES string of the molecule is O=C(O)c1ccc([N+](=O)[O-])c(OCc2cccc3ccccc23)c1. The first-order chi connectivity index (χ1) is 11.6. The van der Waals surface area contributed by atoms with Crippen LogP contribution in [0.2, 0.25) is 0 Å². The van der Waals surface area contributed by atoms with Gasteiger partial charge in [0.1, 0.15) is 6.61 Å². The molecule has 0 fully saturated rings. The highest BCUT2D eigenvalue weighted by Gasteiger charge is 2.18. The van der Waals surface area contributed by atoms with Crippen molar-refractivity contribution in [2.24, 2.45) is 0 Å². The highest BCUT2D eigenvalue weighted by Crippen LogP contribution is 2.29. The van der Waals surface area contributed by atoms with Gasteiger partial charge in [-0.05, 0) is 22.4 Å². The van der Waals surface area contributed by atoms with E-state index in [2.05, 4.69) is 0 Å². The standard InChI is InChI=1S/C18H13NO5/c20-18(21)13-8-9-16(19(22)23)17(10-13)24-11-14-6-3-5-12-4-1-2-7-15(12)14/h1-10H,11H2,(H,20,21). The lowest BCUT2D eigenvalue weighted by Crippen LogP contribution is -2.03. The maximum absolute atomic E-state index is 11.1. The zero-order valence-electron chi connectivity index (χ0n) is 12.5. The van der Waals surface area contributed by atoms with E-state index >= 15 is 0 Å². The second-order valence-corrected chi connectivity index (χ2v) is 5.17. The molecule has 0 spiro atoms. The number of benzene rings is 3. The van der Waals surface area contributed by atoms with Gasteiger partial charge in [-0.2, -0.15) is 0 Å². The lowest BCUT2D eigenvalue weighted by Gasteiger charge is -2.10. The minimum Gasteiger partial charge on any atom is -0.482 e. The molecule has 0 bridgehead atoms. The Morgan fingerprint density at radius 3 is 2.58 bits per heavy atom. The van der Waals surface area contributed by atoms with E-state index in [0.29, 0.717) is 0 Å². The Morgan fingerprint density at radius 2 is 1.83 bits per heavy atom. The van der Waals surface area contributed by atoms with E-state index in [9.17, 15) is 14.9 Å². The molecular weight excluding hydrogens is 310 g/mol. The monoisotopic (exact) mass is 323 g/mol. The zero-order valence-corrected chi connectivity index (χ0v) is 12.5. The summed E-state index contributed by atoms with van der Waals surface area (Å²) in [4.78, 5) is 21.6. The van der Waals surface area contributed by atoms with Crippen molar-refractivity contribution in [1.82, 2.24) is 0 Å². The first-order valence-electron chi connectivity index (χ1n) is 7.17. The Bertz CT molecular complexity index is 930. The number of hydrogen-bond acceptors (Lipinski definition) is 4. The smallest absolute Gasteiger partial charge is 0.335 e. The molecule has 0 saturated heterocycles. The van der Waals surface area contributed by atoms with E-state index in [1.807, 2.05) is 42.5 Å². The fourth-order valence-corrected chi connectivity index (χ4v) is 2.49. The summed E-state index contributed by atoms with van der Waals surface area (Å²) in [6, 6.07) is 16.9. The van der Waals surface area contributed by atoms with Crippen LogP contribution in [-0.2, 0) is 6.61 Å². The molecule has 6 heteroatoms. The van der Waals surface area contributed by atoms with Crippen LogP contribution < -0.4 is 4.74 Å². The molecule has 0 atom stereocenters. The van der Waals surface area contributed by atoms with Crippen molar-refractivity contribution < 1.29 is 19.6 Å². The number of carboxylic acid groups (broad SMARTS) is 1. The molecule has 0 radical (unpaired) electrons. The van der Waals surface area contributed by atoms with Crippen LogP contribution >= 0.6 is 0 Å². The molecule has 0 aliphatic heterocycles. The first kappa shape index (κ1) is 15.5. The topological polar surface area (TPSA) is 89.7 Å². The Kier molecular flexibility index (Phi) is 4.11. The quantitative estimate of drug-likeness (QED) is 0.565. The number of rotatable bonds is 5. The van der Waals surface area contributed by atoms with Crippen LogP contribution in [0.5, 0.6) is 5.75 Å². The number of nitro benzene ring substituents is 1. The number of nitro groups is 1. The van der Waals surface area contributed by atoms with Gasteiger partial charge in [-0.3, -0.25) is 10.1 Å². The normalized spacial score (nSPS) is 10.5. The van der Waals surface area contributed by atoms with Crippen molar-refractivity contribution in [3.05, 3.63) is 81.9 Å². The Labute approximate surface area is 137 Å². The van der Waals surface area contributed by atoms with Crippen LogP contribution in [0.1, 0.15) is 15.9 Å². The molecule has 0 amide bonds. The minimum absolute atomic E-state index is 0.0616. The van der Waals surface area contributed by atoms with Gasteiger partial charge in [0.25, 0.3) is 0 Å². The third-order valence-electron chi connectivity index (χ3n) is 3.67. The van der Waals surface area contributed by atoms with E-state index < -0.39 is 10.9 Å². The van der Waals surface area contributed by atoms with Crippen LogP contribution in [0.15, 0.2) is 60.7 Å². The van der Waals surface area contributed by atoms with E-state index in [-0.39, 0.29) is 23.6 Å². The predicted molar refractivity (Wildman–Crippen MR) is 88.3 cm³/mol. The number of nitrogens with zero attached hydrogens (tertiary/aromatic N) is 1. The maximum Gasteiger partial charge on any atom is 0.335 e. The number of ether oxygens (including phenoxy) is 1. The molecule has 0 unspecified atom stereocenters. The van der Waals surface area contributed by atoms with Crippen molar-refractivity contribution in [3.63, 3.8) is 0 Å². The van der Waals surface area contributed by atoms with E-state index in [4.69, 9.17) is 9.84 Å². The van der Waals surface area contributed by atoms with E-state index in [0.717, 1.165) is 22.4 Å². The summed E-state index contributed by atoms with van der Waals surface area (Å²) in [6.07, 6.45) is 0. The lowest BCUT2D eigenvalue weighted by atomic mass is 10.1. The number of carboxylic acids is 1. The van der Waals surface area contributed by atoms with Crippen molar-refractivity contribution in [2.75, 3.05) is 0 Å². The van der Waals surface area contributed by atoms with Crippen LogP contribution in [0.3, 0.4) is 0 Å². The molecule has 3 rings (SSSR count). The summed E-state index contributed by atoms with van der Waals surface area (Å²) in [5.41, 5.74) is 0.539. The van der Waals surface area contributed by atoms with Gasteiger partial charge >= 0.3 is 11.7 Å². The molecule has 0 saturated carbocycles. The second-order valence-electron chi connectivity index (χ2n) is 5.17. The zero-order chi connectivity index (χ0) is 17.1. The molecule has 3 aromatic rings. The number of fused-ring (bicyclic) bond motifs is 1. The van der Waals surface area contributed by atoms with Gasteiger partial charge < -0.3 is 9.84 Å².